The summed E-state index contributed by atoms with van der Waals surface area (Å²) in [5.74, 6) is -1.59. The van der Waals surface area contributed by atoms with Crippen molar-refractivity contribution in [3.8, 4) is 0 Å². The zero-order chi connectivity index (χ0) is 12.1. The maximum Gasteiger partial charge on any atom is 0.328 e. The Morgan fingerprint density at radius 3 is 2.75 bits per heavy atom. The van der Waals surface area contributed by atoms with E-state index in [4.69, 9.17) is 5.11 Å². The van der Waals surface area contributed by atoms with E-state index in [0.29, 0.717) is 19.4 Å². The molecular formula is C9H14N2O5. The van der Waals surface area contributed by atoms with E-state index in [0.717, 1.165) is 0 Å². The molecule has 0 aliphatic carbocycles. The summed E-state index contributed by atoms with van der Waals surface area (Å²) in [5, 5.41) is 10.6. The summed E-state index contributed by atoms with van der Waals surface area (Å²) in [5.41, 5.74) is 0. The van der Waals surface area contributed by atoms with Gasteiger partial charge in [0, 0.05) is 6.54 Å². The van der Waals surface area contributed by atoms with Crippen LogP contribution in [-0.2, 0) is 14.3 Å². The van der Waals surface area contributed by atoms with Crippen LogP contribution < -0.4 is 5.32 Å². The Labute approximate surface area is 92.4 Å². The van der Waals surface area contributed by atoms with Crippen LogP contribution in [0.25, 0.3) is 0 Å². The monoisotopic (exact) mass is 230 g/mol. The number of hydrogen-bond donors (Lipinski definition) is 2. The van der Waals surface area contributed by atoms with Crippen LogP contribution in [0.5, 0.6) is 0 Å². The number of methoxy groups -OCH3 is 1. The molecule has 7 heteroatoms. The van der Waals surface area contributed by atoms with Crippen LogP contribution in [0.3, 0.4) is 0 Å². The minimum absolute atomic E-state index is 0.436. The minimum Gasteiger partial charge on any atom is -0.480 e. The number of carboxylic acids is 1. The summed E-state index contributed by atoms with van der Waals surface area (Å²) in [7, 11) is 1.26. The zero-order valence-corrected chi connectivity index (χ0v) is 8.93. The van der Waals surface area contributed by atoms with Crippen molar-refractivity contribution in [1.29, 1.82) is 0 Å². The lowest BCUT2D eigenvalue weighted by molar-refractivity contribution is -0.144. The Balaban J connectivity index is 2.54. The second-order valence-electron chi connectivity index (χ2n) is 3.43. The van der Waals surface area contributed by atoms with E-state index in [1.807, 2.05) is 0 Å². The highest BCUT2D eigenvalue weighted by Gasteiger charge is 2.34. The van der Waals surface area contributed by atoms with E-state index in [1.165, 1.54) is 12.0 Å². The number of hydrogen-bond acceptors (Lipinski definition) is 4. The maximum absolute atomic E-state index is 11.5. The van der Waals surface area contributed by atoms with Crippen molar-refractivity contribution in [2.45, 2.75) is 18.9 Å². The van der Waals surface area contributed by atoms with Gasteiger partial charge in [-0.15, -0.1) is 0 Å². The highest BCUT2D eigenvalue weighted by molar-refractivity contribution is 5.86. The number of carboxylic acid groups (broad SMARTS) is 1. The zero-order valence-electron chi connectivity index (χ0n) is 8.93. The smallest absolute Gasteiger partial charge is 0.328 e. The molecule has 1 aliphatic heterocycles. The normalized spacial score (nSPS) is 19.3. The number of rotatable bonds is 3. The van der Waals surface area contributed by atoms with E-state index >= 15 is 0 Å². The number of nitrogens with one attached hydrogen (secondary N) is 1. The standard InChI is InChI=1S/C9H14N2O5/c1-16-8(14)6-3-2-4-11(6)9(15)10-5-7(12)13/h6H,2-5H2,1H3,(H,10,15)(H,12,13). The van der Waals surface area contributed by atoms with E-state index < -0.39 is 30.6 Å². The lowest BCUT2D eigenvalue weighted by Crippen LogP contribution is -2.47. The molecule has 1 atom stereocenters. The summed E-state index contributed by atoms with van der Waals surface area (Å²) in [6.07, 6.45) is 1.26. The van der Waals surface area contributed by atoms with Crippen molar-refractivity contribution >= 4 is 18.0 Å². The third-order valence-electron chi connectivity index (χ3n) is 2.38. The molecule has 0 aromatic heterocycles. The second kappa shape index (κ2) is 5.34. The molecule has 2 amide bonds. The number of nitrogens with zero attached hydrogens (tertiary/aromatic N) is 1. The molecule has 1 unspecified atom stereocenters. The van der Waals surface area contributed by atoms with E-state index in [9.17, 15) is 14.4 Å². The fourth-order valence-electron chi connectivity index (χ4n) is 1.64. The van der Waals surface area contributed by atoms with Gasteiger partial charge in [-0.2, -0.15) is 0 Å². The molecule has 0 saturated carbocycles. The molecule has 1 rings (SSSR count). The molecular weight excluding hydrogens is 216 g/mol. The summed E-state index contributed by atoms with van der Waals surface area (Å²) in [4.78, 5) is 34.4. The van der Waals surface area contributed by atoms with Gasteiger partial charge in [0.25, 0.3) is 0 Å². The SMILES string of the molecule is COC(=O)C1CCCN1C(=O)NCC(=O)O. The Morgan fingerprint density at radius 2 is 2.19 bits per heavy atom. The molecule has 1 heterocycles. The summed E-state index contributed by atoms with van der Waals surface area (Å²) >= 11 is 0. The lowest BCUT2D eigenvalue weighted by Gasteiger charge is -2.22. The fraction of sp³-hybridized carbons (Fsp3) is 0.667. The highest BCUT2D eigenvalue weighted by atomic mass is 16.5. The molecule has 0 spiro atoms. The Morgan fingerprint density at radius 1 is 1.50 bits per heavy atom. The van der Waals surface area contributed by atoms with Gasteiger partial charge in [0.15, 0.2) is 0 Å². The van der Waals surface area contributed by atoms with Gasteiger partial charge < -0.3 is 20.1 Å². The Hall–Kier alpha value is -1.79. The topological polar surface area (TPSA) is 95.9 Å². The molecule has 1 saturated heterocycles. The van der Waals surface area contributed by atoms with Crippen molar-refractivity contribution in [3.05, 3.63) is 0 Å². The average Bonchev–Trinajstić information content (AvgIpc) is 2.73. The lowest BCUT2D eigenvalue weighted by atomic mass is 10.2. The van der Waals surface area contributed by atoms with Crippen LogP contribution in [0.1, 0.15) is 12.8 Å². The maximum atomic E-state index is 11.5. The van der Waals surface area contributed by atoms with E-state index in [2.05, 4.69) is 10.1 Å². The first-order valence-corrected chi connectivity index (χ1v) is 4.90. The van der Waals surface area contributed by atoms with Gasteiger partial charge in [-0.25, -0.2) is 9.59 Å². The molecule has 1 fully saturated rings. The number of carbonyl (C=O) groups is 3. The van der Waals surface area contributed by atoms with Crippen molar-refractivity contribution in [3.63, 3.8) is 0 Å². The molecule has 1 aliphatic rings. The molecule has 7 nitrogen and oxygen atoms in total. The second-order valence-corrected chi connectivity index (χ2v) is 3.43. The predicted octanol–water partition coefficient (Wildman–Crippen LogP) is -0.582. The number of amides is 2. The summed E-state index contributed by atoms with van der Waals surface area (Å²) < 4.78 is 4.56. The first-order valence-electron chi connectivity index (χ1n) is 4.90. The van der Waals surface area contributed by atoms with Crippen molar-refractivity contribution in [2.24, 2.45) is 0 Å². The number of aliphatic carboxylic acids is 1. The van der Waals surface area contributed by atoms with Gasteiger partial charge in [0.1, 0.15) is 12.6 Å². The Bertz CT molecular complexity index is 304. The van der Waals surface area contributed by atoms with Gasteiger partial charge in [-0.3, -0.25) is 4.79 Å². The largest absolute Gasteiger partial charge is 0.480 e. The van der Waals surface area contributed by atoms with Crippen LogP contribution in [0.15, 0.2) is 0 Å². The van der Waals surface area contributed by atoms with Crippen molar-refractivity contribution in [2.75, 3.05) is 20.2 Å². The van der Waals surface area contributed by atoms with Gasteiger partial charge in [-0.1, -0.05) is 0 Å². The molecule has 16 heavy (non-hydrogen) atoms. The number of likely N-dealkylation sites (tertiary alicyclic amines) is 1. The number of urea groups is 1. The molecule has 2 N–H and O–H groups in total. The number of ether oxygens (including phenoxy) is 1. The first-order chi connectivity index (χ1) is 7.56. The van der Waals surface area contributed by atoms with Crippen LogP contribution >= 0.6 is 0 Å². The molecule has 0 radical (unpaired) electrons. The van der Waals surface area contributed by atoms with Crippen molar-refractivity contribution < 1.29 is 24.2 Å². The molecule has 0 aromatic carbocycles. The van der Waals surface area contributed by atoms with Crippen LogP contribution in [0.2, 0.25) is 0 Å². The van der Waals surface area contributed by atoms with Crippen LogP contribution in [0, 0.1) is 0 Å². The van der Waals surface area contributed by atoms with Crippen LogP contribution in [0.4, 0.5) is 4.79 Å². The van der Waals surface area contributed by atoms with E-state index in [-0.39, 0.29) is 0 Å². The predicted molar refractivity (Wildman–Crippen MR) is 52.8 cm³/mol. The molecule has 0 bridgehead atoms. The van der Waals surface area contributed by atoms with E-state index in [1.54, 1.807) is 0 Å². The van der Waals surface area contributed by atoms with Gasteiger partial charge in [0.2, 0.25) is 0 Å². The Kier molecular flexibility index (Phi) is 4.10. The van der Waals surface area contributed by atoms with Gasteiger partial charge in [0.05, 0.1) is 7.11 Å². The number of carbonyl (C=O) groups excluding carboxylic acids is 2. The minimum atomic E-state index is -1.12. The highest BCUT2D eigenvalue weighted by Crippen LogP contribution is 2.18. The van der Waals surface area contributed by atoms with Gasteiger partial charge >= 0.3 is 18.0 Å². The third-order valence-corrected chi connectivity index (χ3v) is 2.38. The summed E-state index contributed by atoms with van der Waals surface area (Å²) in [6, 6.07) is -1.14. The quantitative estimate of drug-likeness (QED) is 0.632. The number of esters is 1. The van der Waals surface area contributed by atoms with Gasteiger partial charge in [-0.05, 0) is 12.8 Å². The molecule has 0 aromatic rings. The van der Waals surface area contributed by atoms with Crippen molar-refractivity contribution in [1.82, 2.24) is 10.2 Å². The summed E-state index contributed by atoms with van der Waals surface area (Å²) in [6.45, 7) is -0.0194. The first kappa shape index (κ1) is 12.3. The fourth-order valence-corrected chi connectivity index (χ4v) is 1.64. The molecule has 90 valence electrons. The van der Waals surface area contributed by atoms with Crippen LogP contribution in [-0.4, -0.2) is 54.2 Å². The third kappa shape index (κ3) is 2.85. The average molecular weight is 230 g/mol.